The van der Waals surface area contributed by atoms with Crippen LogP contribution in [0.2, 0.25) is 0 Å². The molecule has 0 aliphatic carbocycles. The van der Waals surface area contributed by atoms with Gasteiger partial charge in [-0.15, -0.1) is 0 Å². The highest BCUT2D eigenvalue weighted by atomic mass is 79.9. The van der Waals surface area contributed by atoms with Crippen molar-refractivity contribution in [1.29, 1.82) is 0 Å². The SMILES string of the molecule is [N-]=[N+]=Nc1ccc(CC(=O)CBr)cc1. The van der Waals surface area contributed by atoms with E-state index in [4.69, 9.17) is 5.53 Å². The van der Waals surface area contributed by atoms with E-state index >= 15 is 0 Å². The predicted molar refractivity (Wildman–Crippen MR) is 57.8 cm³/mol. The lowest BCUT2D eigenvalue weighted by atomic mass is 10.1. The summed E-state index contributed by atoms with van der Waals surface area (Å²) in [6.07, 6.45) is 0.405. The Morgan fingerprint density at radius 1 is 1.43 bits per heavy atom. The lowest BCUT2D eigenvalue weighted by Gasteiger charge is -1.98. The van der Waals surface area contributed by atoms with Crippen LogP contribution in [-0.2, 0) is 11.2 Å². The highest BCUT2D eigenvalue weighted by molar-refractivity contribution is 9.09. The molecule has 1 rings (SSSR count). The molecule has 0 bridgehead atoms. The van der Waals surface area contributed by atoms with E-state index in [1.54, 1.807) is 24.3 Å². The highest BCUT2D eigenvalue weighted by Gasteiger charge is 2.00. The molecule has 1 aromatic carbocycles. The number of benzene rings is 1. The van der Waals surface area contributed by atoms with Crippen molar-refractivity contribution < 1.29 is 4.79 Å². The van der Waals surface area contributed by atoms with Gasteiger partial charge in [0.15, 0.2) is 0 Å². The number of alkyl halides is 1. The standard InChI is InChI=1S/C9H8BrN3O/c10-6-9(14)5-7-1-3-8(4-2-7)12-13-11/h1-4H,5-6H2. The number of hydrogen-bond donors (Lipinski definition) is 0. The van der Waals surface area contributed by atoms with Gasteiger partial charge in [0.25, 0.3) is 0 Å². The van der Waals surface area contributed by atoms with E-state index in [0.717, 1.165) is 5.56 Å². The summed E-state index contributed by atoms with van der Waals surface area (Å²) in [7, 11) is 0. The van der Waals surface area contributed by atoms with Crippen LogP contribution in [0.25, 0.3) is 10.4 Å². The second kappa shape index (κ2) is 5.42. The Balaban J connectivity index is 2.73. The Morgan fingerprint density at radius 3 is 2.57 bits per heavy atom. The minimum atomic E-state index is 0.126. The molecule has 1 aromatic rings. The predicted octanol–water partition coefficient (Wildman–Crippen LogP) is 3.13. The van der Waals surface area contributed by atoms with Gasteiger partial charge in [-0.3, -0.25) is 4.79 Å². The maximum atomic E-state index is 11.1. The van der Waals surface area contributed by atoms with Crippen molar-refractivity contribution in [2.24, 2.45) is 5.11 Å². The van der Waals surface area contributed by atoms with Crippen LogP contribution >= 0.6 is 15.9 Å². The summed E-state index contributed by atoms with van der Waals surface area (Å²) in [5.41, 5.74) is 9.65. The maximum Gasteiger partial charge on any atom is 0.147 e. The molecule has 0 saturated heterocycles. The van der Waals surface area contributed by atoms with Gasteiger partial charge in [-0.25, -0.2) is 0 Å². The van der Waals surface area contributed by atoms with E-state index in [0.29, 0.717) is 17.4 Å². The van der Waals surface area contributed by atoms with E-state index in [1.165, 1.54) is 0 Å². The van der Waals surface area contributed by atoms with Gasteiger partial charge in [0.1, 0.15) is 5.78 Å². The van der Waals surface area contributed by atoms with Crippen molar-refractivity contribution in [2.45, 2.75) is 6.42 Å². The fraction of sp³-hybridized carbons (Fsp3) is 0.222. The summed E-state index contributed by atoms with van der Waals surface area (Å²) in [6.45, 7) is 0. The lowest BCUT2D eigenvalue weighted by molar-refractivity contribution is -0.115. The van der Waals surface area contributed by atoms with Gasteiger partial charge >= 0.3 is 0 Å². The number of rotatable bonds is 4. The van der Waals surface area contributed by atoms with Crippen LogP contribution in [0.3, 0.4) is 0 Å². The molecular formula is C9H8BrN3O. The first-order chi connectivity index (χ1) is 6.76. The van der Waals surface area contributed by atoms with Gasteiger partial charge in [0, 0.05) is 17.0 Å². The number of hydrogen-bond acceptors (Lipinski definition) is 2. The first-order valence-electron chi connectivity index (χ1n) is 3.98. The topological polar surface area (TPSA) is 65.8 Å². The van der Waals surface area contributed by atoms with Crippen LogP contribution in [0, 0.1) is 0 Å². The minimum Gasteiger partial charge on any atom is -0.298 e. The number of Topliss-reactive ketones (excluding diaryl/α,β-unsaturated/α-hetero) is 1. The quantitative estimate of drug-likeness (QED) is 0.352. The molecule has 4 nitrogen and oxygen atoms in total. The van der Waals surface area contributed by atoms with E-state index < -0.39 is 0 Å². The summed E-state index contributed by atoms with van der Waals surface area (Å²) < 4.78 is 0. The van der Waals surface area contributed by atoms with Crippen LogP contribution in [0.15, 0.2) is 29.4 Å². The Morgan fingerprint density at radius 2 is 2.07 bits per heavy atom. The van der Waals surface area contributed by atoms with Crippen LogP contribution in [0.4, 0.5) is 5.69 Å². The summed E-state index contributed by atoms with van der Waals surface area (Å²) in [5.74, 6) is 0.126. The molecule has 0 N–H and O–H groups in total. The van der Waals surface area contributed by atoms with Crippen molar-refractivity contribution in [1.82, 2.24) is 0 Å². The molecule has 5 heteroatoms. The van der Waals surface area contributed by atoms with E-state index in [-0.39, 0.29) is 5.78 Å². The average molecular weight is 254 g/mol. The first kappa shape index (κ1) is 10.8. The Labute approximate surface area is 89.7 Å². The largest absolute Gasteiger partial charge is 0.298 e. The third-order valence-electron chi connectivity index (χ3n) is 1.65. The lowest BCUT2D eigenvalue weighted by Crippen LogP contribution is -2.02. The van der Waals surface area contributed by atoms with E-state index in [9.17, 15) is 4.79 Å². The first-order valence-corrected chi connectivity index (χ1v) is 5.10. The number of nitrogens with zero attached hydrogens (tertiary/aromatic N) is 3. The molecule has 0 fully saturated rings. The maximum absolute atomic E-state index is 11.1. The molecule has 72 valence electrons. The zero-order valence-corrected chi connectivity index (χ0v) is 8.94. The molecular weight excluding hydrogens is 246 g/mol. The molecule has 0 atom stereocenters. The van der Waals surface area contributed by atoms with E-state index in [1.807, 2.05) is 0 Å². The zero-order chi connectivity index (χ0) is 10.4. The Kier molecular flexibility index (Phi) is 4.16. The Hall–Kier alpha value is -1.32. The fourth-order valence-electron chi connectivity index (χ4n) is 1.01. The molecule has 0 saturated carbocycles. The molecule has 0 radical (unpaired) electrons. The van der Waals surface area contributed by atoms with Gasteiger partial charge in [0.2, 0.25) is 0 Å². The monoisotopic (exact) mass is 253 g/mol. The van der Waals surface area contributed by atoms with Crippen molar-refractivity contribution in [3.05, 3.63) is 40.3 Å². The van der Waals surface area contributed by atoms with E-state index in [2.05, 4.69) is 26.0 Å². The molecule has 0 aromatic heterocycles. The number of halogens is 1. The molecule has 0 aliphatic heterocycles. The summed E-state index contributed by atoms with van der Waals surface area (Å²) >= 11 is 3.10. The smallest absolute Gasteiger partial charge is 0.147 e. The average Bonchev–Trinajstić information content (AvgIpc) is 2.21. The van der Waals surface area contributed by atoms with Gasteiger partial charge < -0.3 is 0 Å². The van der Waals surface area contributed by atoms with Crippen molar-refractivity contribution in [3.63, 3.8) is 0 Å². The van der Waals surface area contributed by atoms with Crippen LogP contribution < -0.4 is 0 Å². The third-order valence-corrected chi connectivity index (χ3v) is 2.27. The summed E-state index contributed by atoms with van der Waals surface area (Å²) in [4.78, 5) is 13.7. The second-order valence-electron chi connectivity index (χ2n) is 2.70. The van der Waals surface area contributed by atoms with Gasteiger partial charge in [-0.2, -0.15) is 0 Å². The second-order valence-corrected chi connectivity index (χ2v) is 3.27. The highest BCUT2D eigenvalue weighted by Crippen LogP contribution is 2.13. The number of ketones is 1. The summed E-state index contributed by atoms with van der Waals surface area (Å²) in [5, 5.41) is 3.80. The van der Waals surface area contributed by atoms with Gasteiger partial charge in [-0.1, -0.05) is 45.3 Å². The van der Waals surface area contributed by atoms with Gasteiger partial charge in [0.05, 0.1) is 5.33 Å². The zero-order valence-electron chi connectivity index (χ0n) is 7.35. The molecule has 0 heterocycles. The molecule has 14 heavy (non-hydrogen) atoms. The van der Waals surface area contributed by atoms with Crippen LogP contribution in [0.5, 0.6) is 0 Å². The van der Waals surface area contributed by atoms with Crippen molar-refractivity contribution in [3.8, 4) is 0 Å². The van der Waals surface area contributed by atoms with Crippen LogP contribution in [-0.4, -0.2) is 11.1 Å². The number of carbonyl (C=O) groups excluding carboxylic acids is 1. The van der Waals surface area contributed by atoms with Crippen molar-refractivity contribution in [2.75, 3.05) is 5.33 Å². The normalized spacial score (nSPS) is 9.21. The molecule has 0 unspecified atom stereocenters. The van der Waals surface area contributed by atoms with Crippen LogP contribution in [0.1, 0.15) is 5.56 Å². The fourth-order valence-corrected chi connectivity index (χ4v) is 1.21. The molecule has 0 aliphatic rings. The molecule has 0 amide bonds. The third kappa shape index (κ3) is 3.20. The summed E-state index contributed by atoms with van der Waals surface area (Å²) in [6, 6.07) is 6.95. The molecule has 0 spiro atoms. The number of azide groups is 1. The van der Waals surface area contributed by atoms with Gasteiger partial charge in [-0.05, 0) is 11.1 Å². The Bertz CT molecular complexity index is 368. The number of carbonyl (C=O) groups is 1. The van der Waals surface area contributed by atoms with Crippen molar-refractivity contribution >= 4 is 27.4 Å². The minimum absolute atomic E-state index is 0.126.